The number of carbonyl (C=O) groups excluding carboxylic acids is 1. The highest BCUT2D eigenvalue weighted by Gasteiger charge is 2.29. The molecule has 0 N–H and O–H groups in total. The van der Waals surface area contributed by atoms with Gasteiger partial charge in [-0.15, -0.1) is 0 Å². The maximum atomic E-state index is 12.4. The first-order chi connectivity index (χ1) is 12.0. The van der Waals surface area contributed by atoms with Crippen molar-refractivity contribution in [1.29, 1.82) is 0 Å². The van der Waals surface area contributed by atoms with Gasteiger partial charge in [0.1, 0.15) is 12.3 Å². The van der Waals surface area contributed by atoms with Gasteiger partial charge in [-0.05, 0) is 33.2 Å². The summed E-state index contributed by atoms with van der Waals surface area (Å²) in [5, 5.41) is 4.74. The molecule has 0 fully saturated rings. The van der Waals surface area contributed by atoms with Crippen LogP contribution in [0, 0.1) is 0 Å². The fourth-order valence-corrected chi connectivity index (χ4v) is 3.72. The van der Waals surface area contributed by atoms with E-state index in [1.165, 1.54) is 11.3 Å². The molecule has 7 heteroatoms. The molecule has 0 radical (unpaired) electrons. The summed E-state index contributed by atoms with van der Waals surface area (Å²) >= 11 is 0. The summed E-state index contributed by atoms with van der Waals surface area (Å²) in [6.07, 6.45) is 1.40. The summed E-state index contributed by atoms with van der Waals surface area (Å²) in [6.45, 7) is 17.4. The second-order valence-electron chi connectivity index (χ2n) is 9.22. The number of aromatic nitrogens is 2. The molecule has 0 atom stereocenters. The van der Waals surface area contributed by atoms with Crippen molar-refractivity contribution in [3.8, 4) is 0 Å². The number of aryl methyl sites for hydroxylation is 1. The smallest absolute Gasteiger partial charge is 0.410 e. The zero-order valence-corrected chi connectivity index (χ0v) is 18.5. The van der Waals surface area contributed by atoms with Gasteiger partial charge >= 0.3 is 6.09 Å². The largest absolute Gasteiger partial charge is 0.444 e. The van der Waals surface area contributed by atoms with E-state index in [-0.39, 0.29) is 6.09 Å². The highest BCUT2D eigenvalue weighted by atomic mass is 28.3. The Hall–Kier alpha value is -1.34. The van der Waals surface area contributed by atoms with Gasteiger partial charge in [-0.25, -0.2) is 9.48 Å². The second kappa shape index (κ2) is 8.13. The molecule has 1 aliphatic heterocycles. The molecule has 0 spiro atoms. The molecule has 6 nitrogen and oxygen atoms in total. The van der Waals surface area contributed by atoms with E-state index < -0.39 is 13.7 Å². The molecular formula is C19H35N3O3Si. The van der Waals surface area contributed by atoms with Crippen molar-refractivity contribution in [2.24, 2.45) is 0 Å². The van der Waals surface area contributed by atoms with Crippen molar-refractivity contribution in [1.82, 2.24) is 14.7 Å². The molecule has 1 aromatic heterocycles. The third-order valence-corrected chi connectivity index (χ3v) is 6.12. The molecular weight excluding hydrogens is 346 g/mol. The number of hydrogen-bond acceptors (Lipinski definition) is 4. The molecule has 26 heavy (non-hydrogen) atoms. The Morgan fingerprint density at radius 2 is 1.96 bits per heavy atom. The highest BCUT2D eigenvalue weighted by Crippen LogP contribution is 2.25. The summed E-state index contributed by atoms with van der Waals surface area (Å²) < 4.78 is 13.4. The molecule has 0 aromatic carbocycles. The van der Waals surface area contributed by atoms with Crippen LogP contribution in [-0.2, 0) is 35.6 Å². The highest BCUT2D eigenvalue weighted by molar-refractivity contribution is 6.76. The molecule has 2 rings (SSSR count). The van der Waals surface area contributed by atoms with E-state index in [1.807, 2.05) is 25.5 Å². The van der Waals surface area contributed by atoms with E-state index in [1.54, 1.807) is 4.90 Å². The maximum Gasteiger partial charge on any atom is 0.410 e. The van der Waals surface area contributed by atoms with Gasteiger partial charge < -0.3 is 14.4 Å². The van der Waals surface area contributed by atoms with E-state index >= 15 is 0 Å². The topological polar surface area (TPSA) is 56.6 Å². The second-order valence-corrected chi connectivity index (χ2v) is 14.8. The summed E-state index contributed by atoms with van der Waals surface area (Å²) in [4.78, 5) is 14.2. The predicted octanol–water partition coefficient (Wildman–Crippen LogP) is 4.05. The van der Waals surface area contributed by atoms with E-state index in [0.29, 0.717) is 19.8 Å². The fraction of sp³-hybridized carbons (Fsp3) is 0.789. The van der Waals surface area contributed by atoms with Crippen molar-refractivity contribution in [3.63, 3.8) is 0 Å². The van der Waals surface area contributed by atoms with Crippen LogP contribution in [0.5, 0.6) is 0 Å². The first-order valence-electron chi connectivity index (χ1n) is 9.63. The minimum absolute atomic E-state index is 0.246. The lowest BCUT2D eigenvalue weighted by atomic mass is 10.0. The van der Waals surface area contributed by atoms with Crippen LogP contribution < -0.4 is 0 Å². The Morgan fingerprint density at radius 1 is 1.27 bits per heavy atom. The van der Waals surface area contributed by atoms with Gasteiger partial charge in [0.15, 0.2) is 0 Å². The van der Waals surface area contributed by atoms with Gasteiger partial charge in [0.05, 0.1) is 12.2 Å². The molecule has 148 valence electrons. The lowest BCUT2D eigenvalue weighted by Gasteiger charge is -2.30. The molecule has 0 bridgehead atoms. The van der Waals surface area contributed by atoms with Crippen LogP contribution in [0.1, 0.15) is 44.6 Å². The zero-order chi connectivity index (χ0) is 19.5. The molecule has 0 aliphatic carbocycles. The number of amides is 1. The van der Waals surface area contributed by atoms with E-state index in [2.05, 4.69) is 26.6 Å². The van der Waals surface area contributed by atoms with Gasteiger partial charge in [-0.3, -0.25) is 0 Å². The first kappa shape index (κ1) is 21.0. The minimum atomic E-state index is -1.08. The van der Waals surface area contributed by atoms with Crippen molar-refractivity contribution in [2.75, 3.05) is 13.2 Å². The Bertz CT molecular complexity index is 629. The molecule has 2 heterocycles. The molecule has 1 amide bonds. The maximum absolute atomic E-state index is 12.4. The third kappa shape index (κ3) is 5.84. The Balaban J connectivity index is 2.03. The predicted molar refractivity (Wildman–Crippen MR) is 106 cm³/mol. The van der Waals surface area contributed by atoms with Crippen LogP contribution in [0.3, 0.4) is 0 Å². The van der Waals surface area contributed by atoms with Gasteiger partial charge in [0.2, 0.25) is 0 Å². The quantitative estimate of drug-likeness (QED) is 0.551. The van der Waals surface area contributed by atoms with Crippen LogP contribution in [0.2, 0.25) is 25.7 Å². The number of fused-ring (bicyclic) bond motifs is 1. The SMILES string of the molecule is CCc1nn(COCC[Si](C)(C)C)c2c1CN(C(=O)OC(C)(C)C)CC2. The molecule has 0 saturated carbocycles. The van der Waals surface area contributed by atoms with Crippen molar-refractivity contribution < 1.29 is 14.3 Å². The lowest BCUT2D eigenvalue weighted by molar-refractivity contribution is 0.0218. The summed E-state index contributed by atoms with van der Waals surface area (Å²) in [7, 11) is -1.08. The summed E-state index contributed by atoms with van der Waals surface area (Å²) in [5.41, 5.74) is 2.95. The van der Waals surface area contributed by atoms with Gasteiger partial charge in [0, 0.05) is 38.9 Å². The number of ether oxygens (including phenoxy) is 2. The molecule has 1 aromatic rings. The number of carbonyl (C=O) groups is 1. The summed E-state index contributed by atoms with van der Waals surface area (Å²) in [5.74, 6) is 0. The normalized spacial score (nSPS) is 15.1. The average Bonchev–Trinajstić information content (AvgIpc) is 2.86. The van der Waals surface area contributed by atoms with Crippen molar-refractivity contribution in [3.05, 3.63) is 17.0 Å². The zero-order valence-electron chi connectivity index (χ0n) is 17.5. The van der Waals surface area contributed by atoms with Crippen molar-refractivity contribution in [2.45, 2.75) is 85.1 Å². The number of hydrogen-bond donors (Lipinski definition) is 0. The van der Waals surface area contributed by atoms with Gasteiger partial charge in [-0.2, -0.15) is 5.10 Å². The molecule has 1 aliphatic rings. The monoisotopic (exact) mass is 381 g/mol. The van der Waals surface area contributed by atoms with Crippen LogP contribution in [0.4, 0.5) is 4.79 Å². The minimum Gasteiger partial charge on any atom is -0.444 e. The van der Waals surface area contributed by atoms with E-state index in [4.69, 9.17) is 14.6 Å². The standard InChI is InChI=1S/C19H35N3O3Si/c1-8-16-15-13-21(18(23)25-19(2,3)4)10-9-17(15)22(20-16)14-24-11-12-26(5,6)7/h8-14H2,1-7H3. The van der Waals surface area contributed by atoms with E-state index in [0.717, 1.165) is 31.2 Å². The number of rotatable bonds is 6. The van der Waals surface area contributed by atoms with Crippen LogP contribution in [0.15, 0.2) is 0 Å². The third-order valence-electron chi connectivity index (χ3n) is 4.41. The van der Waals surface area contributed by atoms with E-state index in [9.17, 15) is 4.79 Å². The van der Waals surface area contributed by atoms with Crippen LogP contribution >= 0.6 is 0 Å². The Labute approximate surface area is 158 Å². The van der Waals surface area contributed by atoms with Gasteiger partial charge in [-0.1, -0.05) is 26.6 Å². The van der Waals surface area contributed by atoms with Crippen LogP contribution in [0.25, 0.3) is 0 Å². The fourth-order valence-electron chi connectivity index (χ4n) is 2.96. The first-order valence-corrected chi connectivity index (χ1v) is 13.3. The Kier molecular flexibility index (Phi) is 6.55. The number of nitrogens with zero attached hydrogens (tertiary/aromatic N) is 3. The summed E-state index contributed by atoms with van der Waals surface area (Å²) in [6, 6.07) is 1.16. The van der Waals surface area contributed by atoms with Gasteiger partial charge in [0.25, 0.3) is 0 Å². The lowest BCUT2D eigenvalue weighted by Crippen LogP contribution is -2.40. The Morgan fingerprint density at radius 3 is 2.54 bits per heavy atom. The van der Waals surface area contributed by atoms with Crippen molar-refractivity contribution >= 4 is 14.2 Å². The average molecular weight is 382 g/mol. The molecule has 0 saturated heterocycles. The molecule has 0 unspecified atom stereocenters. The van der Waals surface area contributed by atoms with Crippen LogP contribution in [-0.4, -0.2) is 47.6 Å².